The van der Waals surface area contributed by atoms with Crippen LogP contribution in [0, 0.1) is 0 Å². The van der Waals surface area contributed by atoms with E-state index >= 15 is 0 Å². The van der Waals surface area contributed by atoms with Crippen LogP contribution in [0.1, 0.15) is 18.6 Å². The molecule has 7 nitrogen and oxygen atoms in total. The smallest absolute Gasteiger partial charge is 0.221 e. The lowest BCUT2D eigenvalue weighted by Gasteiger charge is -2.35. The standard InChI is InChI=1S/C18H24N4O3S/c1-13(23)20-15-11-14(3-4-17(15)25-2)16(24)12-21-6-8-22(9-7-21)18-19-5-10-26-18/h3-5,10-11,16,24H,6-9,12H2,1-2H3,(H,20,23). The average molecular weight is 376 g/mol. The third-order valence-electron chi connectivity index (χ3n) is 4.41. The maximum atomic E-state index is 11.4. The second kappa shape index (κ2) is 8.48. The van der Waals surface area contributed by atoms with Gasteiger partial charge in [-0.2, -0.15) is 0 Å². The third kappa shape index (κ3) is 4.51. The van der Waals surface area contributed by atoms with Crippen LogP contribution < -0.4 is 15.0 Å². The molecule has 1 amide bonds. The van der Waals surface area contributed by atoms with Crippen molar-refractivity contribution in [3.63, 3.8) is 0 Å². The molecule has 0 bridgehead atoms. The molecule has 8 heteroatoms. The molecule has 2 N–H and O–H groups in total. The SMILES string of the molecule is COc1ccc(C(O)CN2CCN(c3nccs3)CC2)cc1NC(C)=O. The summed E-state index contributed by atoms with van der Waals surface area (Å²) < 4.78 is 5.26. The number of aromatic nitrogens is 1. The minimum atomic E-state index is -0.625. The fourth-order valence-electron chi connectivity index (χ4n) is 3.06. The first kappa shape index (κ1) is 18.6. The number of carbonyl (C=O) groups is 1. The highest BCUT2D eigenvalue weighted by Crippen LogP contribution is 2.29. The number of rotatable bonds is 6. The highest BCUT2D eigenvalue weighted by atomic mass is 32.1. The van der Waals surface area contributed by atoms with Crippen molar-refractivity contribution in [2.75, 3.05) is 50.1 Å². The van der Waals surface area contributed by atoms with Crippen LogP contribution in [0.2, 0.25) is 0 Å². The van der Waals surface area contributed by atoms with Crippen LogP contribution in [-0.4, -0.2) is 60.7 Å². The van der Waals surface area contributed by atoms with Crippen LogP contribution >= 0.6 is 11.3 Å². The summed E-state index contributed by atoms with van der Waals surface area (Å²) in [7, 11) is 1.55. The van der Waals surface area contributed by atoms with E-state index in [4.69, 9.17) is 4.74 Å². The highest BCUT2D eigenvalue weighted by molar-refractivity contribution is 7.13. The van der Waals surface area contributed by atoms with E-state index in [2.05, 4.69) is 20.1 Å². The van der Waals surface area contributed by atoms with Crippen LogP contribution in [0.15, 0.2) is 29.8 Å². The number of carbonyl (C=O) groups excluding carboxylic acids is 1. The Hall–Kier alpha value is -2.16. The number of hydrogen-bond donors (Lipinski definition) is 2. The fraction of sp³-hybridized carbons (Fsp3) is 0.444. The molecule has 0 radical (unpaired) electrons. The number of nitrogens with one attached hydrogen (secondary N) is 1. The average Bonchev–Trinajstić information content (AvgIpc) is 3.16. The quantitative estimate of drug-likeness (QED) is 0.803. The summed E-state index contributed by atoms with van der Waals surface area (Å²) >= 11 is 1.65. The number of anilines is 2. The molecule has 2 aromatic rings. The predicted octanol–water partition coefficient (Wildman–Crippen LogP) is 1.97. The Morgan fingerprint density at radius 2 is 2.15 bits per heavy atom. The summed E-state index contributed by atoms with van der Waals surface area (Å²) in [6.45, 7) is 5.57. The molecule has 0 aliphatic carbocycles. The number of aliphatic hydroxyl groups excluding tert-OH is 1. The molecular weight excluding hydrogens is 352 g/mol. The van der Waals surface area contributed by atoms with Crippen molar-refractivity contribution in [2.45, 2.75) is 13.0 Å². The summed E-state index contributed by atoms with van der Waals surface area (Å²) in [6.07, 6.45) is 1.20. The van der Waals surface area contributed by atoms with Crippen molar-refractivity contribution in [2.24, 2.45) is 0 Å². The summed E-state index contributed by atoms with van der Waals surface area (Å²) in [5.41, 5.74) is 1.34. The zero-order valence-electron chi connectivity index (χ0n) is 15.0. The molecule has 1 saturated heterocycles. The number of β-amino-alcohol motifs (C(OH)–C–C–N with tert-alkyl or cyclic N) is 1. The van der Waals surface area contributed by atoms with Gasteiger partial charge in [0.15, 0.2) is 5.13 Å². The van der Waals surface area contributed by atoms with Crippen molar-refractivity contribution < 1.29 is 14.6 Å². The molecule has 3 rings (SSSR count). The molecule has 1 atom stereocenters. The van der Waals surface area contributed by atoms with Gasteiger partial charge in [-0.1, -0.05) is 6.07 Å². The van der Waals surface area contributed by atoms with E-state index in [0.29, 0.717) is 18.0 Å². The molecule has 1 aromatic carbocycles. The molecule has 1 aliphatic rings. The first-order valence-corrected chi connectivity index (χ1v) is 9.45. The molecule has 1 aliphatic heterocycles. The monoisotopic (exact) mass is 376 g/mol. The van der Waals surface area contributed by atoms with Gasteiger partial charge in [-0.15, -0.1) is 11.3 Å². The van der Waals surface area contributed by atoms with E-state index < -0.39 is 6.10 Å². The Morgan fingerprint density at radius 1 is 1.38 bits per heavy atom. The van der Waals surface area contributed by atoms with Gasteiger partial charge < -0.3 is 20.1 Å². The van der Waals surface area contributed by atoms with Crippen LogP contribution in [0.5, 0.6) is 5.75 Å². The van der Waals surface area contributed by atoms with Gasteiger partial charge in [0.1, 0.15) is 5.75 Å². The first-order valence-electron chi connectivity index (χ1n) is 8.57. The van der Waals surface area contributed by atoms with Gasteiger partial charge in [0.25, 0.3) is 0 Å². The second-order valence-corrected chi connectivity index (χ2v) is 7.13. The normalized spacial score (nSPS) is 16.3. The van der Waals surface area contributed by atoms with Gasteiger partial charge in [0.2, 0.25) is 5.91 Å². The van der Waals surface area contributed by atoms with Crippen LogP contribution in [0.25, 0.3) is 0 Å². The number of nitrogens with zero attached hydrogens (tertiary/aromatic N) is 3. The molecule has 1 aromatic heterocycles. The van der Waals surface area contributed by atoms with Gasteiger partial charge >= 0.3 is 0 Å². The van der Waals surface area contributed by atoms with Gasteiger partial charge in [-0.3, -0.25) is 9.69 Å². The predicted molar refractivity (Wildman–Crippen MR) is 103 cm³/mol. The Labute approximate surface area is 157 Å². The van der Waals surface area contributed by atoms with Crippen molar-refractivity contribution in [3.8, 4) is 5.75 Å². The maximum absolute atomic E-state index is 11.4. The number of benzene rings is 1. The molecule has 2 heterocycles. The van der Waals surface area contributed by atoms with E-state index in [1.54, 1.807) is 30.6 Å². The van der Waals surface area contributed by atoms with Crippen molar-refractivity contribution >= 4 is 28.1 Å². The Balaban J connectivity index is 1.59. The lowest BCUT2D eigenvalue weighted by molar-refractivity contribution is -0.114. The molecule has 26 heavy (non-hydrogen) atoms. The minimum absolute atomic E-state index is 0.173. The number of methoxy groups -OCH3 is 1. The van der Waals surface area contributed by atoms with Gasteiger partial charge in [0, 0.05) is 51.2 Å². The lowest BCUT2D eigenvalue weighted by atomic mass is 10.1. The lowest BCUT2D eigenvalue weighted by Crippen LogP contribution is -2.47. The Kier molecular flexibility index (Phi) is 6.08. The zero-order valence-corrected chi connectivity index (χ0v) is 15.8. The Morgan fingerprint density at radius 3 is 2.77 bits per heavy atom. The number of ether oxygens (including phenoxy) is 1. The van der Waals surface area contributed by atoms with E-state index in [9.17, 15) is 9.90 Å². The van der Waals surface area contributed by atoms with Crippen LogP contribution in [0.4, 0.5) is 10.8 Å². The molecular formula is C18H24N4O3S. The highest BCUT2D eigenvalue weighted by Gasteiger charge is 2.21. The fourth-order valence-corrected chi connectivity index (χ4v) is 3.76. The van der Waals surface area contributed by atoms with Crippen LogP contribution in [-0.2, 0) is 4.79 Å². The second-order valence-electron chi connectivity index (χ2n) is 6.26. The number of thiazole rings is 1. The van der Waals surface area contributed by atoms with E-state index in [-0.39, 0.29) is 5.91 Å². The molecule has 140 valence electrons. The van der Waals surface area contributed by atoms with Gasteiger partial charge in [0.05, 0.1) is 18.9 Å². The number of hydrogen-bond acceptors (Lipinski definition) is 7. The van der Waals surface area contributed by atoms with Crippen molar-refractivity contribution in [1.82, 2.24) is 9.88 Å². The largest absolute Gasteiger partial charge is 0.495 e. The molecule has 0 saturated carbocycles. The minimum Gasteiger partial charge on any atom is -0.495 e. The van der Waals surface area contributed by atoms with Crippen molar-refractivity contribution in [1.29, 1.82) is 0 Å². The topological polar surface area (TPSA) is 77.9 Å². The number of amides is 1. The van der Waals surface area contributed by atoms with Gasteiger partial charge in [-0.05, 0) is 17.7 Å². The number of piperazine rings is 1. The summed E-state index contributed by atoms with van der Waals surface area (Å²) in [4.78, 5) is 20.2. The molecule has 1 unspecified atom stereocenters. The molecule has 1 fully saturated rings. The maximum Gasteiger partial charge on any atom is 0.221 e. The van der Waals surface area contributed by atoms with Crippen LogP contribution in [0.3, 0.4) is 0 Å². The third-order valence-corrected chi connectivity index (χ3v) is 5.24. The summed E-state index contributed by atoms with van der Waals surface area (Å²) in [5, 5.41) is 16.4. The van der Waals surface area contributed by atoms with E-state index in [1.807, 2.05) is 17.6 Å². The Bertz CT molecular complexity index is 730. The molecule has 0 spiro atoms. The van der Waals surface area contributed by atoms with E-state index in [1.165, 1.54) is 6.92 Å². The van der Waals surface area contributed by atoms with E-state index in [0.717, 1.165) is 36.9 Å². The summed E-state index contributed by atoms with van der Waals surface area (Å²) in [5.74, 6) is 0.404. The zero-order chi connectivity index (χ0) is 18.5. The van der Waals surface area contributed by atoms with Crippen molar-refractivity contribution in [3.05, 3.63) is 35.3 Å². The summed E-state index contributed by atoms with van der Waals surface area (Å²) in [6, 6.07) is 5.38. The number of aliphatic hydroxyl groups is 1. The first-order chi connectivity index (χ1) is 12.6. The van der Waals surface area contributed by atoms with Gasteiger partial charge in [-0.25, -0.2) is 4.98 Å².